The van der Waals surface area contributed by atoms with Gasteiger partial charge in [-0.1, -0.05) is 33.6 Å². The first-order chi connectivity index (χ1) is 9.03. The Morgan fingerprint density at radius 1 is 1.26 bits per heavy atom. The fraction of sp³-hybridized carbons (Fsp3) is 0.938. The van der Waals surface area contributed by atoms with Crippen LogP contribution >= 0.6 is 0 Å². The Bertz CT molecular complexity index is 360. The van der Waals surface area contributed by atoms with E-state index in [-0.39, 0.29) is 11.7 Å². The van der Waals surface area contributed by atoms with Gasteiger partial charge in [-0.15, -0.1) is 0 Å². The summed E-state index contributed by atoms with van der Waals surface area (Å²) in [7, 11) is 0. The lowest BCUT2D eigenvalue weighted by Crippen LogP contribution is -2.46. The Morgan fingerprint density at radius 3 is 2.47 bits per heavy atom. The minimum absolute atomic E-state index is 0.194. The zero-order chi connectivity index (χ0) is 13.6. The molecular formula is C16H28N2O. The Morgan fingerprint density at radius 2 is 1.95 bits per heavy atom. The number of hydrogen-bond donors (Lipinski definition) is 1. The SMILES string of the molecule is CC1CCC(N2C(=O)C3(CCCC3)NC2C(C)C)C1. The van der Waals surface area contributed by atoms with Crippen LogP contribution in [0.5, 0.6) is 0 Å². The van der Waals surface area contributed by atoms with Crippen molar-refractivity contribution in [2.75, 3.05) is 0 Å². The highest BCUT2D eigenvalue weighted by molar-refractivity contribution is 5.89. The van der Waals surface area contributed by atoms with Gasteiger partial charge in [0.05, 0.1) is 11.7 Å². The molecule has 2 aliphatic carbocycles. The summed E-state index contributed by atoms with van der Waals surface area (Å²) >= 11 is 0. The molecule has 1 N–H and O–H groups in total. The van der Waals surface area contributed by atoms with E-state index < -0.39 is 0 Å². The molecule has 3 nitrogen and oxygen atoms in total. The molecule has 0 aromatic carbocycles. The van der Waals surface area contributed by atoms with Gasteiger partial charge in [-0.25, -0.2) is 0 Å². The van der Waals surface area contributed by atoms with Crippen LogP contribution in [0.25, 0.3) is 0 Å². The molecule has 1 amide bonds. The zero-order valence-electron chi connectivity index (χ0n) is 12.6. The molecule has 0 radical (unpaired) electrons. The zero-order valence-corrected chi connectivity index (χ0v) is 12.6. The molecule has 3 fully saturated rings. The highest BCUT2D eigenvalue weighted by Crippen LogP contribution is 2.41. The van der Waals surface area contributed by atoms with E-state index in [1.165, 1.54) is 32.1 Å². The van der Waals surface area contributed by atoms with Gasteiger partial charge >= 0.3 is 0 Å². The van der Waals surface area contributed by atoms with Gasteiger partial charge in [-0.2, -0.15) is 0 Å². The van der Waals surface area contributed by atoms with E-state index in [0.29, 0.717) is 17.9 Å². The smallest absolute Gasteiger partial charge is 0.244 e. The molecule has 0 bridgehead atoms. The van der Waals surface area contributed by atoms with Crippen LogP contribution in [0.15, 0.2) is 0 Å². The van der Waals surface area contributed by atoms with Crippen LogP contribution < -0.4 is 5.32 Å². The number of carbonyl (C=O) groups is 1. The monoisotopic (exact) mass is 264 g/mol. The number of carbonyl (C=O) groups excluding carboxylic acids is 1. The predicted octanol–water partition coefficient (Wildman–Crippen LogP) is 2.90. The molecule has 1 aliphatic heterocycles. The van der Waals surface area contributed by atoms with Crippen LogP contribution in [0.1, 0.15) is 65.7 Å². The van der Waals surface area contributed by atoms with Crippen LogP contribution in [0, 0.1) is 11.8 Å². The molecule has 2 saturated carbocycles. The second-order valence-electron chi connectivity index (χ2n) is 7.41. The van der Waals surface area contributed by atoms with Gasteiger partial charge in [0.15, 0.2) is 0 Å². The Labute approximate surface area is 117 Å². The van der Waals surface area contributed by atoms with Gasteiger partial charge in [-0.05, 0) is 43.9 Å². The topological polar surface area (TPSA) is 32.3 Å². The van der Waals surface area contributed by atoms with E-state index in [0.717, 1.165) is 18.8 Å². The normalized spacial score (nSPS) is 38.0. The quantitative estimate of drug-likeness (QED) is 0.831. The predicted molar refractivity (Wildman–Crippen MR) is 76.6 cm³/mol. The molecule has 3 atom stereocenters. The van der Waals surface area contributed by atoms with Crippen LogP contribution in [0.3, 0.4) is 0 Å². The van der Waals surface area contributed by atoms with Gasteiger partial charge in [0, 0.05) is 6.04 Å². The molecular weight excluding hydrogens is 236 g/mol. The fourth-order valence-corrected chi connectivity index (χ4v) is 4.44. The van der Waals surface area contributed by atoms with Gasteiger partial charge in [0.25, 0.3) is 0 Å². The molecule has 3 rings (SSSR count). The summed E-state index contributed by atoms with van der Waals surface area (Å²) in [6, 6.07) is 0.488. The number of nitrogens with zero attached hydrogens (tertiary/aromatic N) is 1. The summed E-state index contributed by atoms with van der Waals surface area (Å²) in [5, 5.41) is 3.73. The molecule has 19 heavy (non-hydrogen) atoms. The van der Waals surface area contributed by atoms with Crippen LogP contribution in [0.2, 0.25) is 0 Å². The highest BCUT2D eigenvalue weighted by Gasteiger charge is 2.54. The van der Waals surface area contributed by atoms with Crippen molar-refractivity contribution in [3.63, 3.8) is 0 Å². The van der Waals surface area contributed by atoms with E-state index in [2.05, 4.69) is 31.0 Å². The van der Waals surface area contributed by atoms with E-state index in [1.807, 2.05) is 0 Å². The number of amides is 1. The van der Waals surface area contributed by atoms with Crippen molar-refractivity contribution in [2.45, 2.75) is 83.5 Å². The number of nitrogens with one attached hydrogen (secondary N) is 1. The minimum atomic E-state index is -0.194. The van der Waals surface area contributed by atoms with Gasteiger partial charge in [0.2, 0.25) is 5.91 Å². The first-order valence-corrected chi connectivity index (χ1v) is 8.14. The lowest BCUT2D eigenvalue weighted by atomic mass is 9.97. The third kappa shape index (κ3) is 2.10. The van der Waals surface area contributed by atoms with Crippen molar-refractivity contribution in [1.82, 2.24) is 10.2 Å². The summed E-state index contributed by atoms with van der Waals surface area (Å²) in [6.45, 7) is 6.80. The lowest BCUT2D eigenvalue weighted by molar-refractivity contribution is -0.135. The van der Waals surface area contributed by atoms with Gasteiger partial charge in [0.1, 0.15) is 0 Å². The maximum Gasteiger partial charge on any atom is 0.244 e. The summed E-state index contributed by atoms with van der Waals surface area (Å²) in [5.74, 6) is 1.70. The molecule has 1 saturated heterocycles. The standard InChI is InChI=1S/C16H28N2O/c1-11(2)14-17-16(8-4-5-9-16)15(19)18(14)13-7-6-12(3)10-13/h11-14,17H,4-10H2,1-3H3. The molecule has 1 heterocycles. The first kappa shape index (κ1) is 13.4. The van der Waals surface area contributed by atoms with Crippen molar-refractivity contribution in [1.29, 1.82) is 0 Å². The second-order valence-corrected chi connectivity index (χ2v) is 7.41. The molecule has 0 aromatic rings. The maximum atomic E-state index is 13.0. The van der Waals surface area contributed by atoms with E-state index in [9.17, 15) is 4.79 Å². The number of rotatable bonds is 2. The van der Waals surface area contributed by atoms with E-state index in [1.54, 1.807) is 0 Å². The number of hydrogen-bond acceptors (Lipinski definition) is 2. The second kappa shape index (κ2) is 4.76. The van der Waals surface area contributed by atoms with Crippen molar-refractivity contribution in [3.05, 3.63) is 0 Å². The third-order valence-corrected chi connectivity index (χ3v) is 5.52. The average molecular weight is 264 g/mol. The van der Waals surface area contributed by atoms with E-state index in [4.69, 9.17) is 0 Å². The molecule has 3 unspecified atom stereocenters. The summed E-state index contributed by atoms with van der Waals surface area (Å²) in [6.07, 6.45) is 8.46. The van der Waals surface area contributed by atoms with Crippen molar-refractivity contribution in [2.24, 2.45) is 11.8 Å². The molecule has 0 aromatic heterocycles. The third-order valence-electron chi connectivity index (χ3n) is 5.52. The Hall–Kier alpha value is -0.570. The summed E-state index contributed by atoms with van der Waals surface area (Å²) in [5.41, 5.74) is -0.194. The Kier molecular flexibility index (Phi) is 3.36. The van der Waals surface area contributed by atoms with Crippen LogP contribution in [-0.2, 0) is 4.79 Å². The molecule has 108 valence electrons. The summed E-state index contributed by atoms with van der Waals surface area (Å²) < 4.78 is 0. The Balaban J connectivity index is 1.85. The first-order valence-electron chi connectivity index (χ1n) is 8.14. The molecule has 1 spiro atoms. The van der Waals surface area contributed by atoms with Crippen molar-refractivity contribution >= 4 is 5.91 Å². The maximum absolute atomic E-state index is 13.0. The largest absolute Gasteiger partial charge is 0.322 e. The van der Waals surface area contributed by atoms with Gasteiger partial charge < -0.3 is 4.90 Å². The fourth-order valence-electron chi connectivity index (χ4n) is 4.44. The minimum Gasteiger partial charge on any atom is -0.322 e. The lowest BCUT2D eigenvalue weighted by Gasteiger charge is -2.32. The highest BCUT2D eigenvalue weighted by atomic mass is 16.2. The molecule has 3 aliphatic rings. The van der Waals surface area contributed by atoms with Crippen LogP contribution in [-0.4, -0.2) is 28.6 Å². The van der Waals surface area contributed by atoms with Crippen molar-refractivity contribution < 1.29 is 4.79 Å². The average Bonchev–Trinajstić information content (AvgIpc) is 3.03. The van der Waals surface area contributed by atoms with Gasteiger partial charge in [-0.3, -0.25) is 10.1 Å². The van der Waals surface area contributed by atoms with Crippen LogP contribution in [0.4, 0.5) is 0 Å². The van der Waals surface area contributed by atoms with E-state index >= 15 is 0 Å². The summed E-state index contributed by atoms with van der Waals surface area (Å²) in [4.78, 5) is 15.3. The van der Waals surface area contributed by atoms with Crippen molar-refractivity contribution in [3.8, 4) is 0 Å². The molecule has 3 heteroatoms.